The Morgan fingerprint density at radius 1 is 1.25 bits per heavy atom. The van der Waals surface area contributed by atoms with E-state index in [0.29, 0.717) is 0 Å². The third kappa shape index (κ3) is 3.00. The molecule has 1 rings (SSSR count). The van der Waals surface area contributed by atoms with E-state index in [-0.39, 0.29) is 15.6 Å². The van der Waals surface area contributed by atoms with Crippen LogP contribution < -0.4 is 0 Å². The highest BCUT2D eigenvalue weighted by Crippen LogP contribution is 2.26. The van der Waals surface area contributed by atoms with Crippen LogP contribution in [0.5, 0.6) is 0 Å². The van der Waals surface area contributed by atoms with Crippen LogP contribution in [0.1, 0.15) is 16.8 Å². The number of benzene rings is 1. The van der Waals surface area contributed by atoms with Crippen LogP contribution in [0.2, 0.25) is 10.0 Å². The Labute approximate surface area is 100 Å². The molecule has 1 aromatic rings. The molecule has 6 heteroatoms. The highest BCUT2D eigenvalue weighted by molar-refractivity contribution is 6.44. The molecule has 2 nitrogen and oxygen atoms in total. The predicted molar refractivity (Wildman–Crippen MR) is 56.4 cm³/mol. The van der Waals surface area contributed by atoms with Gasteiger partial charge in [-0.25, -0.2) is 8.78 Å². The molecule has 0 aliphatic rings. The third-order valence-corrected chi connectivity index (χ3v) is 2.65. The summed E-state index contributed by atoms with van der Waals surface area (Å²) in [6, 6.07) is 4.24. The summed E-state index contributed by atoms with van der Waals surface area (Å²) in [6.45, 7) is 0. The van der Waals surface area contributed by atoms with Crippen molar-refractivity contribution in [1.29, 1.82) is 0 Å². The lowest BCUT2D eigenvalue weighted by atomic mass is 10.1. The van der Waals surface area contributed by atoms with Gasteiger partial charge in [-0.1, -0.05) is 29.3 Å². The van der Waals surface area contributed by atoms with E-state index in [2.05, 4.69) is 0 Å². The van der Waals surface area contributed by atoms with Crippen LogP contribution >= 0.6 is 23.2 Å². The van der Waals surface area contributed by atoms with E-state index in [1.807, 2.05) is 0 Å². The predicted octanol–water partition coefficient (Wildman–Crippen LogP) is 3.40. The lowest BCUT2D eigenvalue weighted by Crippen LogP contribution is -2.15. The Kier molecular flexibility index (Phi) is 4.38. The fourth-order valence-corrected chi connectivity index (χ4v) is 1.46. The maximum atomic E-state index is 11.9. The largest absolute Gasteiger partial charge is 0.296 e. The zero-order chi connectivity index (χ0) is 12.3. The van der Waals surface area contributed by atoms with Crippen LogP contribution in [0.3, 0.4) is 0 Å². The molecule has 0 radical (unpaired) electrons. The number of hydrogen-bond acceptors (Lipinski definition) is 2. The molecule has 0 N–H and O–H groups in total. The van der Waals surface area contributed by atoms with Crippen molar-refractivity contribution in [3.8, 4) is 0 Å². The summed E-state index contributed by atoms with van der Waals surface area (Å²) in [7, 11) is 0. The fourth-order valence-electron chi connectivity index (χ4n) is 1.05. The van der Waals surface area contributed by atoms with Gasteiger partial charge in [-0.15, -0.1) is 0 Å². The molecule has 86 valence electrons. The highest BCUT2D eigenvalue weighted by atomic mass is 35.5. The van der Waals surface area contributed by atoms with E-state index >= 15 is 0 Å². The van der Waals surface area contributed by atoms with Gasteiger partial charge in [0, 0.05) is 5.56 Å². The molecule has 0 aliphatic heterocycles. The molecule has 0 saturated carbocycles. The topological polar surface area (TPSA) is 34.1 Å². The first-order chi connectivity index (χ1) is 7.43. The second-order valence-electron chi connectivity index (χ2n) is 2.97. The monoisotopic (exact) mass is 266 g/mol. The number of carbonyl (C=O) groups is 2. The molecule has 0 bridgehead atoms. The number of rotatable bonds is 4. The average molecular weight is 267 g/mol. The minimum atomic E-state index is -3.15. The summed E-state index contributed by atoms with van der Waals surface area (Å²) in [5.74, 6) is -2.20. The Morgan fingerprint density at radius 3 is 2.44 bits per heavy atom. The molecule has 0 amide bonds. The number of hydrogen-bond donors (Lipinski definition) is 0. The number of halogens is 4. The van der Waals surface area contributed by atoms with Crippen molar-refractivity contribution < 1.29 is 18.4 Å². The van der Waals surface area contributed by atoms with Crippen molar-refractivity contribution in [1.82, 2.24) is 0 Å². The lowest BCUT2D eigenvalue weighted by Gasteiger charge is -2.04. The summed E-state index contributed by atoms with van der Waals surface area (Å²) < 4.78 is 23.8. The summed E-state index contributed by atoms with van der Waals surface area (Å²) >= 11 is 11.3. The second-order valence-corrected chi connectivity index (χ2v) is 3.75. The first-order valence-electron chi connectivity index (χ1n) is 4.21. The summed E-state index contributed by atoms with van der Waals surface area (Å²) in [4.78, 5) is 22.1. The van der Waals surface area contributed by atoms with Gasteiger partial charge < -0.3 is 0 Å². The summed E-state index contributed by atoms with van der Waals surface area (Å²) in [5, 5.41) is 0.105. The molecule has 0 heterocycles. The van der Waals surface area contributed by atoms with Crippen LogP contribution in [0.15, 0.2) is 18.2 Å². The number of alkyl halides is 2. The van der Waals surface area contributed by atoms with E-state index < -0.39 is 24.4 Å². The van der Waals surface area contributed by atoms with Crippen molar-refractivity contribution in [2.45, 2.75) is 12.8 Å². The van der Waals surface area contributed by atoms with Gasteiger partial charge in [-0.3, -0.25) is 9.59 Å². The molecule has 0 aliphatic carbocycles. The van der Waals surface area contributed by atoms with Crippen molar-refractivity contribution in [3.05, 3.63) is 33.8 Å². The van der Waals surface area contributed by atoms with Crippen LogP contribution in [0.25, 0.3) is 0 Å². The maximum absolute atomic E-state index is 11.9. The van der Waals surface area contributed by atoms with Crippen LogP contribution in [-0.2, 0) is 4.79 Å². The Morgan fingerprint density at radius 2 is 1.88 bits per heavy atom. The number of carbonyl (C=O) groups excluding carboxylic acids is 2. The van der Waals surface area contributed by atoms with E-state index in [4.69, 9.17) is 23.2 Å². The molecule has 0 aromatic heterocycles. The SMILES string of the molecule is O=C(CC(=O)C(F)F)c1cccc(Cl)c1Cl. The zero-order valence-corrected chi connectivity index (χ0v) is 9.36. The molecular formula is C10H6Cl2F2O2. The van der Waals surface area contributed by atoms with Crippen molar-refractivity contribution >= 4 is 34.8 Å². The average Bonchev–Trinajstić information content (AvgIpc) is 2.21. The fraction of sp³-hybridized carbons (Fsp3) is 0.200. The van der Waals surface area contributed by atoms with Crippen molar-refractivity contribution in [2.75, 3.05) is 0 Å². The smallest absolute Gasteiger partial charge is 0.294 e. The number of ketones is 2. The Bertz CT molecular complexity index is 433. The van der Waals surface area contributed by atoms with E-state index in [1.54, 1.807) is 0 Å². The molecular weight excluding hydrogens is 261 g/mol. The van der Waals surface area contributed by atoms with Crippen molar-refractivity contribution in [3.63, 3.8) is 0 Å². The normalized spacial score (nSPS) is 10.6. The van der Waals surface area contributed by atoms with Crippen LogP contribution in [-0.4, -0.2) is 18.0 Å². The van der Waals surface area contributed by atoms with Gasteiger partial charge in [0.1, 0.15) is 0 Å². The van der Waals surface area contributed by atoms with Crippen LogP contribution in [0.4, 0.5) is 8.78 Å². The standard InChI is InChI=1S/C10H6Cl2F2O2/c11-6-3-1-2-5(9(6)12)7(15)4-8(16)10(13)14/h1-3,10H,4H2. The molecule has 16 heavy (non-hydrogen) atoms. The molecule has 0 fully saturated rings. The minimum absolute atomic E-state index is 0.0248. The van der Waals surface area contributed by atoms with Gasteiger partial charge >= 0.3 is 0 Å². The van der Waals surface area contributed by atoms with Gasteiger partial charge in [0.25, 0.3) is 6.43 Å². The second kappa shape index (κ2) is 5.37. The van der Waals surface area contributed by atoms with Gasteiger partial charge in [-0.2, -0.15) is 0 Å². The van der Waals surface area contributed by atoms with E-state index in [1.165, 1.54) is 18.2 Å². The lowest BCUT2D eigenvalue weighted by molar-refractivity contribution is -0.128. The van der Waals surface area contributed by atoms with Crippen molar-refractivity contribution in [2.24, 2.45) is 0 Å². The number of Topliss-reactive ketones (excluding diaryl/α,β-unsaturated/α-hetero) is 2. The van der Waals surface area contributed by atoms with Gasteiger partial charge in [0.15, 0.2) is 5.78 Å². The molecule has 0 saturated heterocycles. The van der Waals surface area contributed by atoms with Gasteiger partial charge in [0.2, 0.25) is 5.78 Å². The van der Waals surface area contributed by atoms with Crippen LogP contribution in [0, 0.1) is 0 Å². The minimum Gasteiger partial charge on any atom is -0.294 e. The quantitative estimate of drug-likeness (QED) is 0.618. The molecule has 0 spiro atoms. The zero-order valence-electron chi connectivity index (χ0n) is 7.84. The third-order valence-electron chi connectivity index (χ3n) is 1.83. The Hall–Kier alpha value is -1.000. The maximum Gasteiger partial charge on any atom is 0.296 e. The molecule has 0 unspecified atom stereocenters. The first-order valence-corrected chi connectivity index (χ1v) is 4.97. The Balaban J connectivity index is 2.89. The van der Waals surface area contributed by atoms with Gasteiger partial charge in [-0.05, 0) is 12.1 Å². The summed E-state index contributed by atoms with van der Waals surface area (Å²) in [6.07, 6.45) is -4.03. The van der Waals surface area contributed by atoms with Gasteiger partial charge in [0.05, 0.1) is 16.5 Å². The molecule has 1 aromatic carbocycles. The first kappa shape index (κ1) is 13.1. The highest BCUT2D eigenvalue weighted by Gasteiger charge is 2.21. The molecule has 0 atom stereocenters. The van der Waals surface area contributed by atoms with E-state index in [9.17, 15) is 18.4 Å². The summed E-state index contributed by atoms with van der Waals surface area (Å²) in [5.41, 5.74) is -0.0248. The van der Waals surface area contributed by atoms with E-state index in [0.717, 1.165) is 0 Å².